The SMILES string of the molecule is CCNc1nc(-n2cncn2)nc(-n2ccnc2C)n1. The smallest absolute Gasteiger partial charge is 0.258 e. The Hall–Kier alpha value is -2.84. The highest BCUT2D eigenvalue weighted by molar-refractivity contribution is 5.32. The first-order chi connectivity index (χ1) is 9.78. The van der Waals surface area contributed by atoms with Crippen LogP contribution in [0.1, 0.15) is 12.7 Å². The molecule has 3 rings (SSSR count). The largest absolute Gasteiger partial charge is 0.354 e. The van der Waals surface area contributed by atoms with Crippen LogP contribution in [0.5, 0.6) is 0 Å². The molecule has 20 heavy (non-hydrogen) atoms. The molecule has 3 aromatic heterocycles. The minimum absolute atomic E-state index is 0.400. The van der Waals surface area contributed by atoms with Gasteiger partial charge in [-0.1, -0.05) is 0 Å². The highest BCUT2D eigenvalue weighted by Crippen LogP contribution is 2.10. The van der Waals surface area contributed by atoms with Gasteiger partial charge in [-0.3, -0.25) is 4.57 Å². The minimum Gasteiger partial charge on any atom is -0.354 e. The van der Waals surface area contributed by atoms with E-state index in [-0.39, 0.29) is 0 Å². The van der Waals surface area contributed by atoms with Gasteiger partial charge in [0.15, 0.2) is 0 Å². The molecule has 0 spiro atoms. The van der Waals surface area contributed by atoms with Gasteiger partial charge in [0, 0.05) is 18.9 Å². The Morgan fingerprint density at radius 1 is 1.20 bits per heavy atom. The van der Waals surface area contributed by atoms with Gasteiger partial charge in [0.25, 0.3) is 5.95 Å². The maximum Gasteiger partial charge on any atom is 0.258 e. The third-order valence-electron chi connectivity index (χ3n) is 2.61. The Labute approximate surface area is 114 Å². The summed E-state index contributed by atoms with van der Waals surface area (Å²) in [6, 6.07) is 0. The summed E-state index contributed by atoms with van der Waals surface area (Å²) in [6.07, 6.45) is 6.46. The van der Waals surface area contributed by atoms with Crippen LogP contribution in [0.15, 0.2) is 25.0 Å². The molecule has 102 valence electrons. The van der Waals surface area contributed by atoms with Gasteiger partial charge in [0.1, 0.15) is 18.5 Å². The van der Waals surface area contributed by atoms with E-state index in [0.29, 0.717) is 24.4 Å². The van der Waals surface area contributed by atoms with Crippen molar-refractivity contribution in [3.8, 4) is 11.9 Å². The number of aromatic nitrogens is 8. The van der Waals surface area contributed by atoms with Crippen LogP contribution in [0.2, 0.25) is 0 Å². The zero-order valence-electron chi connectivity index (χ0n) is 11.1. The van der Waals surface area contributed by atoms with Crippen LogP contribution < -0.4 is 5.32 Å². The van der Waals surface area contributed by atoms with Crippen molar-refractivity contribution in [1.29, 1.82) is 0 Å². The summed E-state index contributed by atoms with van der Waals surface area (Å²) in [6.45, 7) is 4.57. The molecule has 0 fully saturated rings. The van der Waals surface area contributed by atoms with Crippen molar-refractivity contribution in [2.24, 2.45) is 0 Å². The highest BCUT2D eigenvalue weighted by Gasteiger charge is 2.11. The molecule has 3 heterocycles. The Bertz CT molecular complexity index is 701. The number of hydrogen-bond donors (Lipinski definition) is 1. The van der Waals surface area contributed by atoms with Crippen molar-refractivity contribution in [3.63, 3.8) is 0 Å². The first-order valence-corrected chi connectivity index (χ1v) is 6.13. The first kappa shape index (κ1) is 12.2. The molecule has 0 aliphatic carbocycles. The Morgan fingerprint density at radius 2 is 2.05 bits per heavy atom. The summed E-state index contributed by atoms with van der Waals surface area (Å²) in [5.41, 5.74) is 0. The second-order valence-corrected chi connectivity index (χ2v) is 3.97. The van der Waals surface area contributed by atoms with Crippen LogP contribution in [0.3, 0.4) is 0 Å². The zero-order valence-corrected chi connectivity index (χ0v) is 11.1. The van der Waals surface area contributed by atoms with Gasteiger partial charge in [-0.15, -0.1) is 0 Å². The summed E-state index contributed by atoms with van der Waals surface area (Å²) in [7, 11) is 0. The van der Waals surface area contributed by atoms with Crippen LogP contribution in [0, 0.1) is 6.92 Å². The lowest BCUT2D eigenvalue weighted by Gasteiger charge is -2.08. The minimum atomic E-state index is 0.400. The molecular formula is C11H13N9. The third-order valence-corrected chi connectivity index (χ3v) is 2.61. The van der Waals surface area contributed by atoms with Crippen LogP contribution in [0.4, 0.5) is 5.95 Å². The molecule has 1 N–H and O–H groups in total. The summed E-state index contributed by atoms with van der Waals surface area (Å²) in [4.78, 5) is 21.1. The van der Waals surface area contributed by atoms with E-state index in [4.69, 9.17) is 0 Å². The van der Waals surface area contributed by atoms with E-state index in [1.165, 1.54) is 17.3 Å². The predicted octanol–water partition coefficient (Wildman–Crippen LogP) is 0.378. The zero-order chi connectivity index (χ0) is 13.9. The Kier molecular flexibility index (Phi) is 3.07. The lowest BCUT2D eigenvalue weighted by Crippen LogP contribution is -2.13. The highest BCUT2D eigenvalue weighted by atomic mass is 15.4. The van der Waals surface area contributed by atoms with Crippen molar-refractivity contribution in [2.75, 3.05) is 11.9 Å². The maximum absolute atomic E-state index is 4.38. The average Bonchev–Trinajstić information content (AvgIpc) is 3.09. The lowest BCUT2D eigenvalue weighted by atomic mass is 10.6. The molecule has 0 radical (unpaired) electrons. The number of nitrogens with one attached hydrogen (secondary N) is 1. The van der Waals surface area contributed by atoms with E-state index in [9.17, 15) is 0 Å². The molecule has 0 aromatic carbocycles. The van der Waals surface area contributed by atoms with E-state index < -0.39 is 0 Å². The number of anilines is 1. The molecule has 0 bridgehead atoms. The van der Waals surface area contributed by atoms with E-state index in [0.717, 1.165) is 5.82 Å². The normalized spacial score (nSPS) is 10.7. The summed E-state index contributed by atoms with van der Waals surface area (Å²) >= 11 is 0. The maximum atomic E-state index is 4.38. The summed E-state index contributed by atoms with van der Waals surface area (Å²) in [5.74, 6) is 2.16. The molecule has 3 aromatic rings. The van der Waals surface area contributed by atoms with Crippen LogP contribution in [0.25, 0.3) is 11.9 Å². The molecule has 0 saturated heterocycles. The first-order valence-electron chi connectivity index (χ1n) is 6.13. The third kappa shape index (κ3) is 2.20. The summed E-state index contributed by atoms with van der Waals surface area (Å²) in [5, 5.41) is 7.11. The fraction of sp³-hybridized carbons (Fsp3) is 0.273. The Morgan fingerprint density at radius 3 is 2.70 bits per heavy atom. The number of nitrogens with zero attached hydrogens (tertiary/aromatic N) is 8. The van der Waals surface area contributed by atoms with Crippen molar-refractivity contribution < 1.29 is 0 Å². The van der Waals surface area contributed by atoms with Gasteiger partial charge >= 0.3 is 0 Å². The second kappa shape index (κ2) is 5.03. The van der Waals surface area contributed by atoms with Gasteiger partial charge < -0.3 is 5.32 Å². The molecule has 0 aliphatic rings. The van der Waals surface area contributed by atoms with E-state index >= 15 is 0 Å². The van der Waals surface area contributed by atoms with E-state index in [1.54, 1.807) is 17.0 Å². The topological polar surface area (TPSA) is 99.2 Å². The number of aryl methyl sites for hydroxylation is 1. The monoisotopic (exact) mass is 271 g/mol. The standard InChI is InChI=1S/C11H13N9/c1-3-13-9-16-10(19-5-4-14-8(19)2)18-11(17-9)20-7-12-6-15-20/h4-7H,3H2,1-2H3,(H,13,16,17,18). The van der Waals surface area contributed by atoms with Crippen molar-refractivity contribution in [1.82, 2.24) is 39.3 Å². The van der Waals surface area contributed by atoms with Crippen LogP contribution >= 0.6 is 0 Å². The molecule has 0 atom stereocenters. The van der Waals surface area contributed by atoms with Gasteiger partial charge in [0.2, 0.25) is 11.9 Å². The molecule has 0 aliphatic heterocycles. The van der Waals surface area contributed by atoms with Crippen molar-refractivity contribution in [3.05, 3.63) is 30.9 Å². The van der Waals surface area contributed by atoms with Gasteiger partial charge in [-0.2, -0.15) is 24.7 Å². The van der Waals surface area contributed by atoms with E-state index in [2.05, 4.69) is 35.3 Å². The van der Waals surface area contributed by atoms with Crippen molar-refractivity contribution >= 4 is 5.95 Å². The van der Waals surface area contributed by atoms with E-state index in [1.807, 2.05) is 13.8 Å². The van der Waals surface area contributed by atoms with Crippen LogP contribution in [-0.4, -0.2) is 45.8 Å². The fourth-order valence-corrected chi connectivity index (χ4v) is 1.70. The van der Waals surface area contributed by atoms with Gasteiger partial charge in [-0.25, -0.2) is 9.97 Å². The number of imidazole rings is 1. The quantitative estimate of drug-likeness (QED) is 0.732. The lowest BCUT2D eigenvalue weighted by molar-refractivity contribution is 0.767. The molecule has 0 unspecified atom stereocenters. The molecule has 9 heteroatoms. The molecule has 0 amide bonds. The summed E-state index contributed by atoms with van der Waals surface area (Å²) < 4.78 is 3.27. The Balaban J connectivity index is 2.12. The van der Waals surface area contributed by atoms with Gasteiger partial charge in [0.05, 0.1) is 0 Å². The number of rotatable bonds is 4. The number of hydrogen-bond acceptors (Lipinski definition) is 7. The van der Waals surface area contributed by atoms with Gasteiger partial charge in [-0.05, 0) is 13.8 Å². The van der Waals surface area contributed by atoms with Crippen molar-refractivity contribution in [2.45, 2.75) is 13.8 Å². The molecule has 9 nitrogen and oxygen atoms in total. The molecular weight excluding hydrogens is 258 g/mol. The fourth-order valence-electron chi connectivity index (χ4n) is 1.70. The van der Waals surface area contributed by atoms with Crippen LogP contribution in [-0.2, 0) is 0 Å². The second-order valence-electron chi connectivity index (χ2n) is 3.97. The predicted molar refractivity (Wildman–Crippen MR) is 70.8 cm³/mol. The molecule has 0 saturated carbocycles. The average molecular weight is 271 g/mol.